The first-order valence-electron chi connectivity index (χ1n) is 6.01. The van der Waals surface area contributed by atoms with E-state index in [0.717, 1.165) is 30.3 Å². The van der Waals surface area contributed by atoms with E-state index >= 15 is 0 Å². The van der Waals surface area contributed by atoms with Crippen molar-refractivity contribution >= 4 is 17.7 Å². The van der Waals surface area contributed by atoms with Crippen molar-refractivity contribution in [3.63, 3.8) is 0 Å². The number of rotatable bonds is 8. The molecule has 0 aliphatic carbocycles. The third-order valence-electron chi connectivity index (χ3n) is 2.83. The fraction of sp³-hybridized carbons (Fsp3) is 0.727. The van der Waals surface area contributed by atoms with Gasteiger partial charge >= 0.3 is 0 Å². The van der Waals surface area contributed by atoms with Gasteiger partial charge in [0.15, 0.2) is 5.16 Å². The minimum Gasteiger partial charge on any atom is -0.368 e. The number of nitrogens with zero attached hydrogens (tertiary/aromatic N) is 3. The van der Waals surface area contributed by atoms with Gasteiger partial charge in [-0.1, -0.05) is 18.7 Å². The van der Waals surface area contributed by atoms with Crippen LogP contribution in [0.1, 0.15) is 26.7 Å². The van der Waals surface area contributed by atoms with E-state index < -0.39 is 5.54 Å². The van der Waals surface area contributed by atoms with Crippen LogP contribution in [-0.4, -0.2) is 38.5 Å². The molecule has 0 fully saturated rings. The van der Waals surface area contributed by atoms with Crippen molar-refractivity contribution in [1.29, 1.82) is 0 Å². The van der Waals surface area contributed by atoms with Crippen molar-refractivity contribution in [3.8, 4) is 0 Å². The monoisotopic (exact) mass is 271 g/mol. The topological polar surface area (TPSA) is 85.8 Å². The number of thioether (sulfide) groups is 1. The molecule has 0 aromatic carbocycles. The van der Waals surface area contributed by atoms with Gasteiger partial charge < -0.3 is 11.1 Å². The molecule has 0 saturated heterocycles. The number of hydrogen-bond donors (Lipinski definition) is 2. The molecule has 0 radical (unpaired) electrons. The van der Waals surface area contributed by atoms with E-state index in [9.17, 15) is 4.79 Å². The van der Waals surface area contributed by atoms with E-state index in [1.54, 1.807) is 16.4 Å². The molecule has 102 valence electrons. The van der Waals surface area contributed by atoms with Crippen LogP contribution in [0.15, 0.2) is 11.5 Å². The first-order chi connectivity index (χ1) is 8.49. The molecule has 1 rings (SSSR count). The zero-order valence-corrected chi connectivity index (χ0v) is 12.0. The Morgan fingerprint density at radius 3 is 2.89 bits per heavy atom. The normalized spacial score (nSPS) is 14.4. The van der Waals surface area contributed by atoms with Crippen LogP contribution < -0.4 is 11.1 Å². The van der Waals surface area contributed by atoms with Crippen molar-refractivity contribution in [2.45, 2.75) is 37.4 Å². The zero-order chi connectivity index (χ0) is 13.6. The summed E-state index contributed by atoms with van der Waals surface area (Å²) >= 11 is 1.63. The molecule has 0 spiro atoms. The SMILES string of the molecule is CCNC(C)(CCCSc1ncnn1C)C(N)=O. The molecule has 1 unspecified atom stereocenters. The van der Waals surface area contributed by atoms with Crippen molar-refractivity contribution in [3.05, 3.63) is 6.33 Å². The molecule has 6 nitrogen and oxygen atoms in total. The molecule has 0 bridgehead atoms. The van der Waals surface area contributed by atoms with E-state index in [1.165, 1.54) is 6.33 Å². The predicted octanol–water partition coefficient (Wildman–Crippen LogP) is 0.541. The summed E-state index contributed by atoms with van der Waals surface area (Å²) in [5, 5.41) is 8.03. The van der Waals surface area contributed by atoms with Crippen LogP contribution in [0.4, 0.5) is 0 Å². The maximum Gasteiger partial charge on any atom is 0.237 e. The summed E-state index contributed by atoms with van der Waals surface area (Å²) in [6, 6.07) is 0. The molecule has 1 atom stereocenters. The molecule has 3 N–H and O–H groups in total. The second-order valence-electron chi connectivity index (χ2n) is 4.34. The van der Waals surface area contributed by atoms with Crippen LogP contribution in [0.25, 0.3) is 0 Å². The van der Waals surface area contributed by atoms with Gasteiger partial charge in [0.1, 0.15) is 6.33 Å². The predicted molar refractivity (Wildman–Crippen MR) is 72.2 cm³/mol. The average molecular weight is 271 g/mol. The second-order valence-corrected chi connectivity index (χ2v) is 5.41. The molecule has 0 saturated carbocycles. The summed E-state index contributed by atoms with van der Waals surface area (Å²) < 4.78 is 1.74. The highest BCUT2D eigenvalue weighted by molar-refractivity contribution is 7.99. The summed E-state index contributed by atoms with van der Waals surface area (Å²) in [5.41, 5.74) is 4.81. The van der Waals surface area contributed by atoms with Crippen molar-refractivity contribution in [1.82, 2.24) is 20.1 Å². The second kappa shape index (κ2) is 6.75. The van der Waals surface area contributed by atoms with Crippen LogP contribution in [0.3, 0.4) is 0 Å². The van der Waals surface area contributed by atoms with E-state index in [1.807, 2.05) is 20.9 Å². The smallest absolute Gasteiger partial charge is 0.237 e. The molecule has 18 heavy (non-hydrogen) atoms. The lowest BCUT2D eigenvalue weighted by Gasteiger charge is -2.26. The average Bonchev–Trinajstić information content (AvgIpc) is 2.71. The van der Waals surface area contributed by atoms with Gasteiger partial charge in [0.2, 0.25) is 5.91 Å². The molecular formula is C11H21N5OS. The Kier molecular flexibility index (Phi) is 5.61. The zero-order valence-electron chi connectivity index (χ0n) is 11.1. The lowest BCUT2D eigenvalue weighted by Crippen LogP contribution is -2.53. The number of carbonyl (C=O) groups excluding carboxylic acids is 1. The van der Waals surface area contributed by atoms with E-state index in [0.29, 0.717) is 0 Å². The van der Waals surface area contributed by atoms with Crippen LogP contribution in [0.2, 0.25) is 0 Å². The van der Waals surface area contributed by atoms with Gasteiger partial charge in [-0.3, -0.25) is 4.79 Å². The first-order valence-corrected chi connectivity index (χ1v) is 7.00. The van der Waals surface area contributed by atoms with Crippen LogP contribution in [-0.2, 0) is 11.8 Å². The molecular weight excluding hydrogens is 250 g/mol. The molecule has 0 aliphatic rings. The van der Waals surface area contributed by atoms with Gasteiger partial charge in [-0.25, -0.2) is 9.67 Å². The number of carbonyl (C=O) groups is 1. The van der Waals surface area contributed by atoms with E-state index in [2.05, 4.69) is 15.4 Å². The number of hydrogen-bond acceptors (Lipinski definition) is 5. The molecule has 1 aromatic heterocycles. The quantitative estimate of drug-likeness (QED) is 0.532. The largest absolute Gasteiger partial charge is 0.368 e. The number of primary amides is 1. The van der Waals surface area contributed by atoms with Crippen LogP contribution >= 0.6 is 11.8 Å². The van der Waals surface area contributed by atoms with Crippen LogP contribution in [0, 0.1) is 0 Å². The number of amides is 1. The summed E-state index contributed by atoms with van der Waals surface area (Å²) in [6.07, 6.45) is 3.15. The maximum atomic E-state index is 11.4. The third kappa shape index (κ3) is 3.99. The van der Waals surface area contributed by atoms with Gasteiger partial charge in [0.05, 0.1) is 5.54 Å². The fourth-order valence-electron chi connectivity index (χ4n) is 1.69. The lowest BCUT2D eigenvalue weighted by molar-refractivity contribution is -0.124. The summed E-state index contributed by atoms with van der Waals surface area (Å²) in [4.78, 5) is 15.5. The summed E-state index contributed by atoms with van der Waals surface area (Å²) in [7, 11) is 1.86. The number of aromatic nitrogens is 3. The molecule has 1 aromatic rings. The standard InChI is InChI=1S/C11H21N5OS/c1-4-14-11(2,9(12)17)6-5-7-18-10-13-8-15-16(10)3/h8,14H,4-7H2,1-3H3,(H2,12,17). The molecule has 1 heterocycles. The van der Waals surface area contributed by atoms with Gasteiger partial charge in [-0.2, -0.15) is 5.10 Å². The lowest BCUT2D eigenvalue weighted by atomic mass is 9.95. The minimum atomic E-state index is -0.616. The number of nitrogens with two attached hydrogens (primary N) is 1. The highest BCUT2D eigenvalue weighted by Crippen LogP contribution is 2.18. The third-order valence-corrected chi connectivity index (χ3v) is 3.95. The van der Waals surface area contributed by atoms with E-state index in [4.69, 9.17) is 5.73 Å². The molecule has 7 heteroatoms. The van der Waals surface area contributed by atoms with Crippen molar-refractivity contribution in [2.24, 2.45) is 12.8 Å². The Balaban J connectivity index is 2.36. The highest BCUT2D eigenvalue weighted by Gasteiger charge is 2.28. The Hall–Kier alpha value is -1.08. The Bertz CT molecular complexity index is 395. The van der Waals surface area contributed by atoms with Gasteiger partial charge in [-0.05, 0) is 26.3 Å². The Morgan fingerprint density at radius 1 is 1.67 bits per heavy atom. The fourth-order valence-corrected chi connectivity index (χ4v) is 2.52. The van der Waals surface area contributed by atoms with Crippen molar-refractivity contribution < 1.29 is 4.79 Å². The number of aryl methyl sites for hydroxylation is 1. The first kappa shape index (κ1) is 15.0. The highest BCUT2D eigenvalue weighted by atomic mass is 32.2. The summed E-state index contributed by atoms with van der Waals surface area (Å²) in [5.74, 6) is 0.592. The summed E-state index contributed by atoms with van der Waals surface area (Å²) in [6.45, 7) is 4.55. The molecule has 1 amide bonds. The Labute approximate surface area is 112 Å². The minimum absolute atomic E-state index is 0.298. The van der Waals surface area contributed by atoms with Gasteiger partial charge in [-0.15, -0.1) is 0 Å². The van der Waals surface area contributed by atoms with E-state index in [-0.39, 0.29) is 5.91 Å². The van der Waals surface area contributed by atoms with Gasteiger partial charge in [0, 0.05) is 12.8 Å². The van der Waals surface area contributed by atoms with Crippen molar-refractivity contribution in [2.75, 3.05) is 12.3 Å². The molecule has 0 aliphatic heterocycles. The van der Waals surface area contributed by atoms with Gasteiger partial charge in [0.25, 0.3) is 0 Å². The maximum absolute atomic E-state index is 11.4. The van der Waals surface area contributed by atoms with Crippen LogP contribution in [0.5, 0.6) is 0 Å². The Morgan fingerprint density at radius 2 is 2.39 bits per heavy atom. The number of likely N-dealkylation sites (N-methyl/N-ethyl adjacent to an activating group) is 1. The number of nitrogens with one attached hydrogen (secondary N) is 1.